The van der Waals surface area contributed by atoms with E-state index in [2.05, 4.69) is 10.4 Å². The summed E-state index contributed by atoms with van der Waals surface area (Å²) < 4.78 is 11.9. The number of methoxy groups -OCH3 is 1. The summed E-state index contributed by atoms with van der Waals surface area (Å²) in [5, 5.41) is 7.36. The smallest absolute Gasteiger partial charge is 0.341 e. The van der Waals surface area contributed by atoms with E-state index >= 15 is 0 Å². The number of benzene rings is 2. The molecule has 0 fully saturated rings. The maximum absolute atomic E-state index is 12.5. The summed E-state index contributed by atoms with van der Waals surface area (Å²) in [5.74, 6) is 0.224. The predicted molar refractivity (Wildman–Crippen MR) is 113 cm³/mol. The molecule has 3 aromatic rings. The second kappa shape index (κ2) is 9.26. The lowest BCUT2D eigenvalue weighted by Crippen LogP contribution is -2.22. The van der Waals surface area contributed by atoms with Gasteiger partial charge in [-0.05, 0) is 62.7 Å². The highest BCUT2D eigenvalue weighted by atomic mass is 16.5. The summed E-state index contributed by atoms with van der Waals surface area (Å²) in [6.07, 6.45) is 0. The highest BCUT2D eigenvalue weighted by molar-refractivity contribution is 5.94. The number of ether oxygens (including phenoxy) is 2. The van der Waals surface area contributed by atoms with Gasteiger partial charge >= 0.3 is 5.97 Å². The van der Waals surface area contributed by atoms with E-state index in [1.165, 1.54) is 0 Å². The maximum Gasteiger partial charge on any atom is 0.341 e. The molecule has 7 heteroatoms. The van der Waals surface area contributed by atoms with Crippen molar-refractivity contribution in [3.8, 4) is 11.4 Å². The van der Waals surface area contributed by atoms with Gasteiger partial charge in [0.25, 0.3) is 5.91 Å². The van der Waals surface area contributed by atoms with Crippen molar-refractivity contribution in [1.82, 2.24) is 15.1 Å². The summed E-state index contributed by atoms with van der Waals surface area (Å²) in [4.78, 5) is 24.6. The van der Waals surface area contributed by atoms with E-state index in [9.17, 15) is 9.59 Å². The quantitative estimate of drug-likeness (QED) is 0.605. The van der Waals surface area contributed by atoms with Crippen molar-refractivity contribution in [1.29, 1.82) is 0 Å². The third-order valence-electron chi connectivity index (χ3n) is 4.76. The number of rotatable bonds is 7. The minimum Gasteiger partial charge on any atom is -0.497 e. The normalized spacial score (nSPS) is 10.5. The number of esters is 1. The largest absolute Gasteiger partial charge is 0.497 e. The van der Waals surface area contributed by atoms with Crippen molar-refractivity contribution >= 4 is 11.9 Å². The Hall–Kier alpha value is -3.61. The van der Waals surface area contributed by atoms with E-state index < -0.39 is 0 Å². The SMILES string of the molecule is CCOC(=O)c1c(C)nn(-c2ccc(C(=O)NCc3ccc(OC)cc3)cc2)c1C. The van der Waals surface area contributed by atoms with Crippen LogP contribution in [0.15, 0.2) is 48.5 Å². The lowest BCUT2D eigenvalue weighted by molar-refractivity contribution is 0.0524. The van der Waals surface area contributed by atoms with Gasteiger partial charge in [0.1, 0.15) is 11.3 Å². The number of hydrogen-bond acceptors (Lipinski definition) is 5. The number of hydrogen-bond donors (Lipinski definition) is 1. The minimum atomic E-state index is -0.381. The molecule has 7 nitrogen and oxygen atoms in total. The van der Waals surface area contributed by atoms with Gasteiger partial charge in [-0.1, -0.05) is 12.1 Å². The van der Waals surface area contributed by atoms with E-state index in [-0.39, 0.29) is 11.9 Å². The second-order valence-electron chi connectivity index (χ2n) is 6.76. The molecule has 0 spiro atoms. The third-order valence-corrected chi connectivity index (χ3v) is 4.76. The minimum absolute atomic E-state index is 0.169. The van der Waals surface area contributed by atoms with Crippen LogP contribution in [0.25, 0.3) is 5.69 Å². The third kappa shape index (κ3) is 4.51. The fraction of sp³-hybridized carbons (Fsp3) is 0.261. The van der Waals surface area contributed by atoms with E-state index in [1.54, 1.807) is 49.9 Å². The van der Waals surface area contributed by atoms with Gasteiger partial charge in [0.15, 0.2) is 0 Å². The summed E-state index contributed by atoms with van der Waals surface area (Å²) in [5.41, 5.74) is 4.06. The topological polar surface area (TPSA) is 82.5 Å². The first-order chi connectivity index (χ1) is 14.4. The number of amides is 1. The van der Waals surface area contributed by atoms with Crippen molar-refractivity contribution in [2.24, 2.45) is 0 Å². The second-order valence-corrected chi connectivity index (χ2v) is 6.76. The highest BCUT2D eigenvalue weighted by Gasteiger charge is 2.20. The predicted octanol–water partition coefficient (Wildman–Crippen LogP) is 3.60. The molecule has 0 aliphatic heterocycles. The van der Waals surface area contributed by atoms with Gasteiger partial charge < -0.3 is 14.8 Å². The average Bonchev–Trinajstić information content (AvgIpc) is 3.06. The molecule has 0 aliphatic carbocycles. The van der Waals surface area contributed by atoms with Crippen LogP contribution in [0.2, 0.25) is 0 Å². The van der Waals surface area contributed by atoms with Crippen molar-refractivity contribution in [2.45, 2.75) is 27.3 Å². The standard InChI is InChI=1S/C23H25N3O4/c1-5-30-23(28)21-15(2)25-26(16(21)3)19-10-8-18(9-11-19)22(27)24-14-17-6-12-20(29-4)13-7-17/h6-13H,5,14H2,1-4H3,(H,24,27). The molecule has 1 heterocycles. The molecule has 0 bridgehead atoms. The molecule has 1 aromatic heterocycles. The molecule has 1 amide bonds. The lowest BCUT2D eigenvalue weighted by Gasteiger charge is -2.08. The molecular formula is C23H25N3O4. The van der Waals surface area contributed by atoms with Crippen molar-refractivity contribution in [3.05, 3.63) is 76.6 Å². The molecule has 3 rings (SSSR count). The Labute approximate surface area is 175 Å². The number of carbonyl (C=O) groups is 2. The summed E-state index contributed by atoms with van der Waals surface area (Å²) in [7, 11) is 1.62. The number of nitrogens with zero attached hydrogens (tertiary/aromatic N) is 2. The Morgan fingerprint density at radius 1 is 1.03 bits per heavy atom. The van der Waals surface area contributed by atoms with Gasteiger partial charge in [-0.25, -0.2) is 9.48 Å². The van der Waals surface area contributed by atoms with Crippen molar-refractivity contribution in [2.75, 3.05) is 13.7 Å². The fourth-order valence-corrected chi connectivity index (χ4v) is 3.17. The molecule has 156 valence electrons. The summed E-state index contributed by atoms with van der Waals surface area (Å²) >= 11 is 0. The first kappa shape index (κ1) is 21.1. The average molecular weight is 407 g/mol. The van der Waals surface area contributed by atoms with Gasteiger partial charge in [-0.3, -0.25) is 4.79 Å². The van der Waals surface area contributed by atoms with Crippen molar-refractivity contribution in [3.63, 3.8) is 0 Å². The van der Waals surface area contributed by atoms with Crippen LogP contribution in [-0.2, 0) is 11.3 Å². The van der Waals surface area contributed by atoms with Crippen LogP contribution in [-0.4, -0.2) is 35.4 Å². The van der Waals surface area contributed by atoms with E-state index in [0.29, 0.717) is 35.7 Å². The van der Waals surface area contributed by atoms with Gasteiger partial charge in [0, 0.05) is 12.1 Å². The Morgan fingerprint density at radius 3 is 2.30 bits per heavy atom. The molecule has 0 aliphatic rings. The zero-order valence-corrected chi connectivity index (χ0v) is 17.6. The first-order valence-electron chi connectivity index (χ1n) is 9.69. The van der Waals surface area contributed by atoms with Gasteiger partial charge in [-0.15, -0.1) is 0 Å². The van der Waals surface area contributed by atoms with Crippen LogP contribution < -0.4 is 10.1 Å². The number of carbonyl (C=O) groups excluding carboxylic acids is 2. The molecule has 0 radical (unpaired) electrons. The van der Waals surface area contributed by atoms with Gasteiger partial charge in [-0.2, -0.15) is 5.10 Å². The Balaban J connectivity index is 1.70. The maximum atomic E-state index is 12.5. The number of aryl methyl sites for hydroxylation is 1. The Kier molecular flexibility index (Phi) is 6.51. The highest BCUT2D eigenvalue weighted by Crippen LogP contribution is 2.19. The molecule has 0 atom stereocenters. The lowest BCUT2D eigenvalue weighted by atomic mass is 10.1. The van der Waals surface area contributed by atoms with E-state index in [0.717, 1.165) is 17.0 Å². The van der Waals surface area contributed by atoms with Gasteiger partial charge in [0.2, 0.25) is 0 Å². The summed E-state index contributed by atoms with van der Waals surface area (Å²) in [6.45, 7) is 6.10. The van der Waals surface area contributed by atoms with Gasteiger partial charge in [0.05, 0.1) is 30.8 Å². The number of nitrogens with one attached hydrogen (secondary N) is 1. The van der Waals surface area contributed by atoms with Crippen LogP contribution >= 0.6 is 0 Å². The number of aromatic nitrogens is 2. The zero-order chi connectivity index (χ0) is 21.7. The van der Waals surface area contributed by atoms with Crippen LogP contribution in [0.4, 0.5) is 0 Å². The molecule has 0 saturated heterocycles. The fourth-order valence-electron chi connectivity index (χ4n) is 3.17. The molecular weight excluding hydrogens is 382 g/mol. The zero-order valence-electron chi connectivity index (χ0n) is 17.6. The summed E-state index contributed by atoms with van der Waals surface area (Å²) in [6, 6.07) is 14.6. The molecule has 2 aromatic carbocycles. The molecule has 1 N–H and O–H groups in total. The van der Waals surface area contributed by atoms with Crippen LogP contribution in [0.5, 0.6) is 5.75 Å². The van der Waals surface area contributed by atoms with Crippen LogP contribution in [0, 0.1) is 13.8 Å². The molecule has 30 heavy (non-hydrogen) atoms. The van der Waals surface area contributed by atoms with Crippen LogP contribution in [0.3, 0.4) is 0 Å². The van der Waals surface area contributed by atoms with E-state index in [4.69, 9.17) is 9.47 Å². The Morgan fingerprint density at radius 2 is 1.70 bits per heavy atom. The van der Waals surface area contributed by atoms with Crippen molar-refractivity contribution < 1.29 is 19.1 Å². The van der Waals surface area contributed by atoms with E-state index in [1.807, 2.05) is 31.2 Å². The molecule has 0 unspecified atom stereocenters. The monoisotopic (exact) mass is 407 g/mol. The first-order valence-corrected chi connectivity index (χ1v) is 9.69. The van der Waals surface area contributed by atoms with Crippen LogP contribution in [0.1, 0.15) is 44.6 Å². The molecule has 0 saturated carbocycles. The Bertz CT molecular complexity index is 1040.